The molecule has 0 unspecified atom stereocenters. The quantitative estimate of drug-likeness (QED) is 0.919. The summed E-state index contributed by atoms with van der Waals surface area (Å²) in [6.07, 6.45) is 8.49. The van der Waals surface area contributed by atoms with Crippen molar-refractivity contribution in [3.63, 3.8) is 0 Å². The van der Waals surface area contributed by atoms with Gasteiger partial charge >= 0.3 is 0 Å². The molecule has 1 atom stereocenters. The molecule has 1 fully saturated rings. The van der Waals surface area contributed by atoms with E-state index in [2.05, 4.69) is 27.3 Å². The Labute approximate surface area is 143 Å². The molecule has 0 radical (unpaired) electrons. The van der Waals surface area contributed by atoms with E-state index in [1.54, 1.807) is 12.4 Å². The second-order valence-electron chi connectivity index (χ2n) is 6.38. The molecule has 1 saturated heterocycles. The maximum absolute atomic E-state index is 12.6. The number of likely N-dealkylation sites (tertiary alicyclic amines) is 1. The molecule has 1 amide bonds. The lowest BCUT2D eigenvalue weighted by Gasteiger charge is -2.23. The molecule has 2 aromatic rings. The number of carbonyl (C=O) groups excluding carboxylic acids is 1. The first-order chi connectivity index (χ1) is 11.8. The summed E-state index contributed by atoms with van der Waals surface area (Å²) in [4.78, 5) is 19.0. The molecule has 1 aromatic carbocycles. The van der Waals surface area contributed by atoms with Gasteiger partial charge in [0.25, 0.3) is 0 Å². The number of nitrogens with one attached hydrogen (secondary N) is 1. The predicted octanol–water partition coefficient (Wildman–Crippen LogP) is 3.16. The first-order valence-corrected chi connectivity index (χ1v) is 8.79. The number of benzene rings is 1. The highest BCUT2D eigenvalue weighted by molar-refractivity contribution is 5.79. The Morgan fingerprint density at radius 2 is 1.58 bits per heavy atom. The minimum atomic E-state index is -0.131. The summed E-state index contributed by atoms with van der Waals surface area (Å²) in [6.45, 7) is 2.53. The van der Waals surface area contributed by atoms with Gasteiger partial charge in [0.2, 0.25) is 5.91 Å². The van der Waals surface area contributed by atoms with Crippen molar-refractivity contribution < 1.29 is 4.79 Å². The van der Waals surface area contributed by atoms with Gasteiger partial charge in [0, 0.05) is 12.4 Å². The standard InChI is InChI=1S/C20H25N3O/c24-19(16-23-14-6-1-2-7-15-23)22-20(17-8-4-3-5-9-17)18-10-12-21-13-11-18/h3-5,8-13,20H,1-2,6-7,14-16H2,(H,22,24)/t20-/m0/s1. The Bertz CT molecular complexity index is 582. The average Bonchev–Trinajstić information content (AvgIpc) is 2.90. The minimum absolute atomic E-state index is 0.0857. The van der Waals surface area contributed by atoms with Crippen molar-refractivity contribution in [2.45, 2.75) is 31.7 Å². The zero-order chi connectivity index (χ0) is 16.6. The van der Waals surface area contributed by atoms with Crippen molar-refractivity contribution in [3.05, 3.63) is 66.0 Å². The van der Waals surface area contributed by atoms with Gasteiger partial charge in [-0.1, -0.05) is 43.2 Å². The van der Waals surface area contributed by atoms with E-state index in [1.165, 1.54) is 25.7 Å². The molecule has 0 spiro atoms. The first-order valence-electron chi connectivity index (χ1n) is 8.79. The van der Waals surface area contributed by atoms with E-state index in [9.17, 15) is 4.79 Å². The minimum Gasteiger partial charge on any atom is -0.344 e. The molecule has 0 bridgehead atoms. The second kappa shape index (κ2) is 8.60. The molecule has 1 aromatic heterocycles. The van der Waals surface area contributed by atoms with Crippen LogP contribution in [0.15, 0.2) is 54.9 Å². The lowest BCUT2D eigenvalue weighted by molar-refractivity contribution is -0.122. The van der Waals surface area contributed by atoms with Crippen LogP contribution in [0.5, 0.6) is 0 Å². The van der Waals surface area contributed by atoms with Gasteiger partial charge in [-0.05, 0) is 49.2 Å². The SMILES string of the molecule is O=C(CN1CCCCCC1)N[C@@H](c1ccccc1)c1ccncc1. The lowest BCUT2D eigenvalue weighted by Crippen LogP contribution is -2.39. The summed E-state index contributed by atoms with van der Waals surface area (Å²) in [5, 5.41) is 3.21. The van der Waals surface area contributed by atoms with Crippen LogP contribution in [0.3, 0.4) is 0 Å². The van der Waals surface area contributed by atoms with Gasteiger partial charge in [0.05, 0.1) is 12.6 Å². The molecule has 1 aliphatic heterocycles. The molecule has 3 rings (SSSR count). The normalized spacial score (nSPS) is 17.0. The molecule has 4 nitrogen and oxygen atoms in total. The molecule has 1 aliphatic rings. The number of hydrogen-bond acceptors (Lipinski definition) is 3. The van der Waals surface area contributed by atoms with Crippen molar-refractivity contribution in [1.82, 2.24) is 15.2 Å². The average molecular weight is 323 g/mol. The van der Waals surface area contributed by atoms with Crippen LogP contribution in [-0.2, 0) is 4.79 Å². The largest absolute Gasteiger partial charge is 0.344 e. The molecule has 126 valence electrons. The zero-order valence-electron chi connectivity index (χ0n) is 14.0. The number of nitrogens with zero attached hydrogens (tertiary/aromatic N) is 2. The fraction of sp³-hybridized carbons (Fsp3) is 0.400. The van der Waals surface area contributed by atoms with Crippen molar-refractivity contribution in [3.8, 4) is 0 Å². The van der Waals surface area contributed by atoms with Crippen LogP contribution < -0.4 is 5.32 Å². The Kier molecular flexibility index (Phi) is 5.96. The molecule has 24 heavy (non-hydrogen) atoms. The number of amides is 1. The highest BCUT2D eigenvalue weighted by Crippen LogP contribution is 2.21. The fourth-order valence-corrected chi connectivity index (χ4v) is 3.26. The lowest BCUT2D eigenvalue weighted by atomic mass is 9.99. The summed E-state index contributed by atoms with van der Waals surface area (Å²) in [6, 6.07) is 13.9. The van der Waals surface area contributed by atoms with Gasteiger partial charge in [-0.25, -0.2) is 0 Å². The molecule has 2 heterocycles. The van der Waals surface area contributed by atoms with Crippen LogP contribution in [-0.4, -0.2) is 35.4 Å². The van der Waals surface area contributed by atoms with E-state index >= 15 is 0 Å². The van der Waals surface area contributed by atoms with E-state index in [1.807, 2.05) is 30.3 Å². The monoisotopic (exact) mass is 323 g/mol. The van der Waals surface area contributed by atoms with E-state index in [-0.39, 0.29) is 11.9 Å². The van der Waals surface area contributed by atoms with Gasteiger partial charge in [-0.2, -0.15) is 0 Å². The summed E-state index contributed by atoms with van der Waals surface area (Å²) in [7, 11) is 0. The molecular formula is C20H25N3O. The summed E-state index contributed by atoms with van der Waals surface area (Å²) in [5.41, 5.74) is 2.15. The van der Waals surface area contributed by atoms with Crippen LogP contribution in [0.25, 0.3) is 0 Å². The second-order valence-corrected chi connectivity index (χ2v) is 6.38. The summed E-state index contributed by atoms with van der Waals surface area (Å²) in [5.74, 6) is 0.0857. The number of aromatic nitrogens is 1. The van der Waals surface area contributed by atoms with Crippen molar-refractivity contribution in [1.29, 1.82) is 0 Å². The van der Waals surface area contributed by atoms with Gasteiger partial charge < -0.3 is 5.32 Å². The molecule has 4 heteroatoms. The van der Waals surface area contributed by atoms with Gasteiger partial charge in [0.1, 0.15) is 0 Å². The number of carbonyl (C=O) groups is 1. The van der Waals surface area contributed by atoms with Gasteiger partial charge in [0.15, 0.2) is 0 Å². The Morgan fingerprint density at radius 1 is 0.958 bits per heavy atom. The van der Waals surface area contributed by atoms with Crippen molar-refractivity contribution in [2.75, 3.05) is 19.6 Å². The van der Waals surface area contributed by atoms with E-state index in [0.717, 1.165) is 24.2 Å². The van der Waals surface area contributed by atoms with E-state index < -0.39 is 0 Å². The number of hydrogen-bond donors (Lipinski definition) is 1. The van der Waals surface area contributed by atoms with Gasteiger partial charge in [-0.15, -0.1) is 0 Å². The topological polar surface area (TPSA) is 45.2 Å². The third kappa shape index (κ3) is 4.65. The summed E-state index contributed by atoms with van der Waals surface area (Å²) >= 11 is 0. The Morgan fingerprint density at radius 3 is 2.25 bits per heavy atom. The number of rotatable bonds is 5. The van der Waals surface area contributed by atoms with E-state index in [4.69, 9.17) is 0 Å². The third-order valence-electron chi connectivity index (χ3n) is 4.54. The third-order valence-corrected chi connectivity index (χ3v) is 4.54. The Balaban J connectivity index is 1.71. The molecule has 0 aliphatic carbocycles. The van der Waals surface area contributed by atoms with Crippen molar-refractivity contribution in [2.24, 2.45) is 0 Å². The van der Waals surface area contributed by atoms with E-state index in [0.29, 0.717) is 6.54 Å². The van der Waals surface area contributed by atoms with Crippen LogP contribution >= 0.6 is 0 Å². The predicted molar refractivity (Wildman–Crippen MR) is 95.6 cm³/mol. The highest BCUT2D eigenvalue weighted by atomic mass is 16.2. The maximum atomic E-state index is 12.6. The molecule has 0 saturated carbocycles. The van der Waals surface area contributed by atoms with Crippen molar-refractivity contribution >= 4 is 5.91 Å². The van der Waals surface area contributed by atoms with Gasteiger partial charge in [-0.3, -0.25) is 14.7 Å². The van der Waals surface area contributed by atoms with Crippen LogP contribution in [0.2, 0.25) is 0 Å². The molecule has 1 N–H and O–H groups in total. The zero-order valence-corrected chi connectivity index (χ0v) is 14.0. The Hall–Kier alpha value is -2.20. The summed E-state index contributed by atoms with van der Waals surface area (Å²) < 4.78 is 0. The fourth-order valence-electron chi connectivity index (χ4n) is 3.26. The highest BCUT2D eigenvalue weighted by Gasteiger charge is 2.19. The van der Waals surface area contributed by atoms with Crippen LogP contribution in [0.1, 0.15) is 42.9 Å². The van der Waals surface area contributed by atoms with Crippen LogP contribution in [0, 0.1) is 0 Å². The maximum Gasteiger partial charge on any atom is 0.234 e. The molecular weight excluding hydrogens is 298 g/mol. The first kappa shape index (κ1) is 16.7. The van der Waals surface area contributed by atoms with Crippen LogP contribution in [0.4, 0.5) is 0 Å². The smallest absolute Gasteiger partial charge is 0.234 e. The number of pyridine rings is 1.